The molecule has 2 aromatic carbocycles. The Morgan fingerprint density at radius 2 is 1.48 bits per heavy atom. The number of rotatable bonds is 5. The molecule has 25 heavy (non-hydrogen) atoms. The topological polar surface area (TPSA) is 12.4 Å². The van der Waals surface area contributed by atoms with Gasteiger partial charge < -0.3 is 0 Å². The van der Waals surface area contributed by atoms with Crippen LogP contribution in [0.15, 0.2) is 102 Å². The van der Waals surface area contributed by atoms with E-state index in [1.165, 1.54) is 16.7 Å². The lowest BCUT2D eigenvalue weighted by molar-refractivity contribution is 0.725. The largest absolute Gasteiger partial charge is 0.276 e. The summed E-state index contributed by atoms with van der Waals surface area (Å²) in [6.07, 6.45) is 11.6. The molecule has 126 valence electrons. The van der Waals surface area contributed by atoms with Crippen molar-refractivity contribution in [2.45, 2.75) is 26.3 Å². The lowest BCUT2D eigenvalue weighted by atomic mass is 9.97. The molecule has 1 atom stereocenters. The van der Waals surface area contributed by atoms with Crippen molar-refractivity contribution in [3.05, 3.63) is 108 Å². The molecule has 0 aromatic heterocycles. The van der Waals surface area contributed by atoms with Crippen LogP contribution in [0, 0.1) is 5.92 Å². The fourth-order valence-electron chi connectivity index (χ4n) is 3.02. The zero-order valence-electron chi connectivity index (χ0n) is 15.0. The molecule has 0 saturated heterocycles. The minimum Gasteiger partial charge on any atom is -0.276 e. The molecule has 0 amide bonds. The fourth-order valence-corrected chi connectivity index (χ4v) is 3.02. The van der Waals surface area contributed by atoms with Crippen molar-refractivity contribution in [1.29, 1.82) is 0 Å². The molecule has 3 rings (SSSR count). The van der Waals surface area contributed by atoms with Crippen molar-refractivity contribution in [3.8, 4) is 0 Å². The second-order valence-corrected chi connectivity index (χ2v) is 6.71. The van der Waals surface area contributed by atoms with Gasteiger partial charge in [0.1, 0.15) is 0 Å². The zero-order chi connectivity index (χ0) is 17.5. The van der Waals surface area contributed by atoms with E-state index in [0.29, 0.717) is 5.92 Å². The Hall–Kier alpha value is -2.67. The van der Waals surface area contributed by atoms with Crippen LogP contribution < -0.4 is 0 Å². The number of hydrogen-bond acceptors (Lipinski definition) is 1. The fraction of sp³-hybridized carbons (Fsp3) is 0.208. The van der Waals surface area contributed by atoms with Crippen LogP contribution in [-0.4, -0.2) is 5.71 Å². The highest BCUT2D eigenvalue weighted by atomic mass is 14.8. The predicted octanol–water partition coefficient (Wildman–Crippen LogP) is 6.12. The normalized spacial score (nSPS) is 18.2. The zero-order valence-corrected chi connectivity index (χ0v) is 15.0. The van der Waals surface area contributed by atoms with Crippen molar-refractivity contribution in [1.82, 2.24) is 0 Å². The first kappa shape index (κ1) is 17.2. The molecule has 1 nitrogen and oxygen atoms in total. The summed E-state index contributed by atoms with van der Waals surface area (Å²) in [6.45, 7) is 4.41. The van der Waals surface area contributed by atoms with E-state index in [1.54, 1.807) is 0 Å². The van der Waals surface area contributed by atoms with E-state index in [-0.39, 0.29) is 6.04 Å². The molecule has 0 heterocycles. The minimum atomic E-state index is 0.116. The maximum atomic E-state index is 5.15. The quantitative estimate of drug-likeness (QED) is 0.627. The molecule has 0 saturated carbocycles. The monoisotopic (exact) mass is 327 g/mol. The Bertz CT molecular complexity index is 793. The summed E-state index contributed by atoms with van der Waals surface area (Å²) in [6, 6.07) is 21.3. The van der Waals surface area contributed by atoms with Crippen LogP contribution in [0.4, 0.5) is 0 Å². The molecule has 2 aromatic rings. The molecular weight excluding hydrogens is 302 g/mol. The molecule has 0 bridgehead atoms. The van der Waals surface area contributed by atoms with Gasteiger partial charge in [0.2, 0.25) is 0 Å². The Morgan fingerprint density at radius 1 is 0.840 bits per heavy atom. The molecule has 1 aliphatic carbocycles. The van der Waals surface area contributed by atoms with E-state index in [9.17, 15) is 0 Å². The van der Waals surface area contributed by atoms with E-state index < -0.39 is 0 Å². The summed E-state index contributed by atoms with van der Waals surface area (Å²) in [5.74, 6) is 0.501. The predicted molar refractivity (Wildman–Crippen MR) is 108 cm³/mol. The number of nitrogens with zero attached hydrogens (tertiary/aromatic N) is 1. The number of aliphatic imine (C=N–C) groups is 1. The second-order valence-electron chi connectivity index (χ2n) is 6.71. The van der Waals surface area contributed by atoms with Gasteiger partial charge in [0.25, 0.3) is 0 Å². The van der Waals surface area contributed by atoms with Gasteiger partial charge in [-0.25, -0.2) is 0 Å². The van der Waals surface area contributed by atoms with Crippen molar-refractivity contribution in [2.75, 3.05) is 0 Å². The highest BCUT2D eigenvalue weighted by molar-refractivity contribution is 6.11. The van der Waals surface area contributed by atoms with Crippen molar-refractivity contribution in [2.24, 2.45) is 10.9 Å². The smallest absolute Gasteiger partial charge is 0.0796 e. The van der Waals surface area contributed by atoms with Gasteiger partial charge >= 0.3 is 0 Å². The van der Waals surface area contributed by atoms with Gasteiger partial charge in [-0.2, -0.15) is 0 Å². The van der Waals surface area contributed by atoms with Crippen LogP contribution in [0.25, 0.3) is 0 Å². The lowest BCUT2D eigenvalue weighted by Gasteiger charge is -2.17. The lowest BCUT2D eigenvalue weighted by Crippen LogP contribution is -2.08. The summed E-state index contributed by atoms with van der Waals surface area (Å²) in [4.78, 5) is 5.15. The molecule has 1 aliphatic rings. The third kappa shape index (κ3) is 4.90. The standard InChI is InChI=1S/C24H25N/c1-19(2)17-22-15-9-10-16-23(22)25-24(21-13-7-4-8-14-21)18-20-11-5-3-6-12-20/h3-17,19,24H,18H2,1-2H3. The third-order valence-electron chi connectivity index (χ3n) is 4.20. The molecular formula is C24H25N. The highest BCUT2D eigenvalue weighted by Gasteiger charge is 2.14. The van der Waals surface area contributed by atoms with E-state index in [0.717, 1.165) is 12.1 Å². The van der Waals surface area contributed by atoms with Crippen molar-refractivity contribution >= 4 is 5.71 Å². The van der Waals surface area contributed by atoms with Gasteiger partial charge in [0.15, 0.2) is 0 Å². The van der Waals surface area contributed by atoms with Crippen molar-refractivity contribution < 1.29 is 0 Å². The van der Waals surface area contributed by atoms with Gasteiger partial charge in [-0.1, -0.05) is 98.8 Å². The van der Waals surface area contributed by atoms with E-state index >= 15 is 0 Å². The van der Waals surface area contributed by atoms with Crippen LogP contribution in [-0.2, 0) is 6.42 Å². The minimum absolute atomic E-state index is 0.116. The molecule has 0 aliphatic heterocycles. The first-order chi connectivity index (χ1) is 12.2. The molecule has 0 spiro atoms. The summed E-state index contributed by atoms with van der Waals surface area (Å²) in [5, 5.41) is 0. The van der Waals surface area contributed by atoms with E-state index in [1.807, 2.05) is 0 Å². The molecule has 0 radical (unpaired) electrons. The average Bonchev–Trinajstić information content (AvgIpc) is 2.64. The Kier molecular flexibility index (Phi) is 5.79. The molecule has 0 N–H and O–H groups in total. The van der Waals surface area contributed by atoms with Gasteiger partial charge in [-0.05, 0) is 35.1 Å². The molecule has 1 heteroatoms. The van der Waals surface area contributed by atoms with Crippen LogP contribution in [0.3, 0.4) is 0 Å². The number of benzene rings is 2. The van der Waals surface area contributed by atoms with Gasteiger partial charge in [0, 0.05) is 0 Å². The second kappa shape index (κ2) is 8.43. The Balaban J connectivity index is 1.96. The molecule has 1 unspecified atom stereocenters. The summed E-state index contributed by atoms with van der Waals surface area (Å²) < 4.78 is 0. The van der Waals surface area contributed by atoms with Crippen molar-refractivity contribution in [3.63, 3.8) is 0 Å². The summed E-state index contributed by atoms with van der Waals surface area (Å²) >= 11 is 0. The molecule has 0 fully saturated rings. The maximum absolute atomic E-state index is 5.15. The van der Waals surface area contributed by atoms with Gasteiger partial charge in [-0.3, -0.25) is 4.99 Å². The van der Waals surface area contributed by atoms with E-state index in [2.05, 4.69) is 105 Å². The third-order valence-corrected chi connectivity index (χ3v) is 4.20. The highest BCUT2D eigenvalue weighted by Crippen LogP contribution is 2.25. The number of allylic oxidation sites excluding steroid dienone is 6. The Morgan fingerprint density at radius 3 is 2.16 bits per heavy atom. The Labute approximate surface area is 151 Å². The summed E-state index contributed by atoms with van der Waals surface area (Å²) in [5.41, 5.74) is 4.85. The number of hydrogen-bond donors (Lipinski definition) is 0. The summed E-state index contributed by atoms with van der Waals surface area (Å²) in [7, 11) is 0. The maximum Gasteiger partial charge on any atom is 0.0796 e. The average molecular weight is 327 g/mol. The van der Waals surface area contributed by atoms with Crippen LogP contribution in [0.2, 0.25) is 0 Å². The first-order valence-electron chi connectivity index (χ1n) is 8.96. The van der Waals surface area contributed by atoms with Crippen LogP contribution in [0.1, 0.15) is 31.0 Å². The first-order valence-corrected chi connectivity index (χ1v) is 8.96. The van der Waals surface area contributed by atoms with Gasteiger partial charge in [-0.15, -0.1) is 0 Å². The SMILES string of the molecule is CC(C)C=C1C=CC=CC1=NC(Cc1ccccc1)c1ccccc1. The van der Waals surface area contributed by atoms with Gasteiger partial charge in [0.05, 0.1) is 11.8 Å². The van der Waals surface area contributed by atoms with Crippen LogP contribution >= 0.6 is 0 Å². The van der Waals surface area contributed by atoms with E-state index in [4.69, 9.17) is 4.99 Å². The van der Waals surface area contributed by atoms with Crippen LogP contribution in [0.5, 0.6) is 0 Å².